The van der Waals surface area contributed by atoms with Crippen molar-refractivity contribution in [2.75, 3.05) is 11.1 Å². The van der Waals surface area contributed by atoms with Crippen LogP contribution >= 0.6 is 23.4 Å². The SMILES string of the molecule is Cc1ccc(-c2nnc(SCC(=O)Nc3cccc4ccccc34)n2-c2ccc(Cl)cc2)cc1. The van der Waals surface area contributed by atoms with Crippen LogP contribution in [0.25, 0.3) is 27.8 Å². The number of hydrogen-bond acceptors (Lipinski definition) is 4. The lowest BCUT2D eigenvalue weighted by Crippen LogP contribution is -2.14. The van der Waals surface area contributed by atoms with Crippen LogP contribution in [0.15, 0.2) is 96.2 Å². The predicted octanol–water partition coefficient (Wildman–Crippen LogP) is 6.78. The van der Waals surface area contributed by atoms with E-state index in [9.17, 15) is 4.79 Å². The highest BCUT2D eigenvalue weighted by Gasteiger charge is 2.17. The molecule has 0 saturated carbocycles. The third kappa shape index (κ3) is 4.69. The number of nitrogens with zero attached hydrogens (tertiary/aromatic N) is 3. The minimum absolute atomic E-state index is 0.108. The Morgan fingerprint density at radius 3 is 2.44 bits per heavy atom. The number of carbonyl (C=O) groups excluding carboxylic acids is 1. The fraction of sp³-hybridized carbons (Fsp3) is 0.0741. The summed E-state index contributed by atoms with van der Waals surface area (Å²) in [5.41, 5.74) is 3.78. The third-order valence-electron chi connectivity index (χ3n) is 5.42. The number of amides is 1. The number of carbonyl (C=O) groups is 1. The first-order valence-electron chi connectivity index (χ1n) is 10.8. The van der Waals surface area contributed by atoms with Gasteiger partial charge in [-0.3, -0.25) is 9.36 Å². The number of fused-ring (bicyclic) bond motifs is 1. The minimum Gasteiger partial charge on any atom is -0.325 e. The second-order valence-corrected chi connectivity index (χ2v) is 9.23. The number of aromatic nitrogens is 3. The Morgan fingerprint density at radius 1 is 0.912 bits per heavy atom. The fourth-order valence-corrected chi connectivity index (χ4v) is 4.60. The number of nitrogens with one attached hydrogen (secondary N) is 1. The highest BCUT2D eigenvalue weighted by molar-refractivity contribution is 7.99. The van der Waals surface area contributed by atoms with Crippen LogP contribution in [-0.4, -0.2) is 26.4 Å². The highest BCUT2D eigenvalue weighted by atomic mass is 35.5. The molecule has 0 atom stereocenters. The summed E-state index contributed by atoms with van der Waals surface area (Å²) in [4.78, 5) is 12.8. The molecule has 0 radical (unpaired) electrons. The van der Waals surface area contributed by atoms with Gasteiger partial charge in [0.05, 0.1) is 5.75 Å². The number of benzene rings is 4. The van der Waals surface area contributed by atoms with Crippen molar-refractivity contribution in [2.24, 2.45) is 0 Å². The first-order valence-corrected chi connectivity index (χ1v) is 12.1. The van der Waals surface area contributed by atoms with Gasteiger partial charge in [-0.15, -0.1) is 10.2 Å². The van der Waals surface area contributed by atoms with Crippen LogP contribution < -0.4 is 5.32 Å². The van der Waals surface area contributed by atoms with E-state index >= 15 is 0 Å². The molecule has 5 aromatic rings. The summed E-state index contributed by atoms with van der Waals surface area (Å²) in [6.07, 6.45) is 0. The van der Waals surface area contributed by atoms with Crippen molar-refractivity contribution in [1.29, 1.82) is 0 Å². The average molecular weight is 485 g/mol. The lowest BCUT2D eigenvalue weighted by atomic mass is 10.1. The van der Waals surface area contributed by atoms with E-state index in [1.807, 2.05) is 102 Å². The molecule has 34 heavy (non-hydrogen) atoms. The minimum atomic E-state index is -0.108. The van der Waals surface area contributed by atoms with Gasteiger partial charge in [-0.25, -0.2) is 0 Å². The largest absolute Gasteiger partial charge is 0.325 e. The van der Waals surface area contributed by atoms with Crippen LogP contribution in [0.5, 0.6) is 0 Å². The number of aryl methyl sites for hydroxylation is 1. The molecule has 1 heterocycles. The quantitative estimate of drug-likeness (QED) is 0.270. The Morgan fingerprint density at radius 2 is 1.65 bits per heavy atom. The highest BCUT2D eigenvalue weighted by Crippen LogP contribution is 2.29. The molecule has 0 bridgehead atoms. The van der Waals surface area contributed by atoms with Crippen LogP contribution in [-0.2, 0) is 4.79 Å². The summed E-state index contributed by atoms with van der Waals surface area (Å²) in [6.45, 7) is 2.05. The van der Waals surface area contributed by atoms with Crippen molar-refractivity contribution >= 4 is 45.7 Å². The first-order chi connectivity index (χ1) is 16.6. The summed E-state index contributed by atoms with van der Waals surface area (Å²) >= 11 is 7.45. The maximum absolute atomic E-state index is 12.8. The number of rotatable bonds is 6. The molecule has 1 aromatic heterocycles. The number of anilines is 1. The van der Waals surface area contributed by atoms with E-state index in [1.54, 1.807) is 0 Å². The van der Waals surface area contributed by atoms with Gasteiger partial charge in [0.15, 0.2) is 11.0 Å². The van der Waals surface area contributed by atoms with Crippen molar-refractivity contribution in [2.45, 2.75) is 12.1 Å². The second kappa shape index (κ2) is 9.71. The van der Waals surface area contributed by atoms with Gasteiger partial charge < -0.3 is 5.32 Å². The Kier molecular flexibility index (Phi) is 6.34. The maximum Gasteiger partial charge on any atom is 0.234 e. The van der Waals surface area contributed by atoms with Gasteiger partial charge in [-0.05, 0) is 42.6 Å². The Balaban J connectivity index is 1.41. The fourth-order valence-electron chi connectivity index (χ4n) is 3.73. The van der Waals surface area contributed by atoms with Crippen LogP contribution in [0.1, 0.15) is 5.56 Å². The lowest BCUT2D eigenvalue weighted by molar-refractivity contribution is -0.113. The number of hydrogen-bond donors (Lipinski definition) is 1. The zero-order valence-electron chi connectivity index (χ0n) is 18.4. The van der Waals surface area contributed by atoms with Gasteiger partial charge >= 0.3 is 0 Å². The van der Waals surface area contributed by atoms with Crippen molar-refractivity contribution in [3.8, 4) is 17.1 Å². The van der Waals surface area contributed by atoms with Crippen molar-refractivity contribution in [3.05, 3.63) is 102 Å². The van der Waals surface area contributed by atoms with Gasteiger partial charge in [-0.2, -0.15) is 0 Å². The zero-order chi connectivity index (χ0) is 23.5. The van der Waals surface area contributed by atoms with Crippen molar-refractivity contribution in [3.63, 3.8) is 0 Å². The van der Waals surface area contributed by atoms with E-state index in [0.717, 1.165) is 27.7 Å². The van der Waals surface area contributed by atoms with Gasteiger partial charge in [0, 0.05) is 27.3 Å². The van der Waals surface area contributed by atoms with E-state index in [1.165, 1.54) is 17.3 Å². The average Bonchev–Trinajstić information content (AvgIpc) is 3.28. The number of thioether (sulfide) groups is 1. The van der Waals surface area contributed by atoms with Crippen LogP contribution in [0.4, 0.5) is 5.69 Å². The van der Waals surface area contributed by atoms with E-state index in [0.29, 0.717) is 16.0 Å². The molecule has 168 valence electrons. The molecule has 0 spiro atoms. The van der Waals surface area contributed by atoms with Gasteiger partial charge in [0.1, 0.15) is 0 Å². The molecule has 7 heteroatoms. The molecule has 0 fully saturated rings. The predicted molar refractivity (Wildman–Crippen MR) is 140 cm³/mol. The van der Waals surface area contributed by atoms with Gasteiger partial charge in [0.2, 0.25) is 5.91 Å². The van der Waals surface area contributed by atoms with E-state index < -0.39 is 0 Å². The normalized spacial score (nSPS) is 11.0. The molecule has 1 N–H and O–H groups in total. The van der Waals surface area contributed by atoms with Crippen LogP contribution in [0, 0.1) is 6.92 Å². The molecule has 0 aliphatic carbocycles. The van der Waals surface area contributed by atoms with Gasteiger partial charge in [0.25, 0.3) is 0 Å². The summed E-state index contributed by atoms with van der Waals surface area (Å²) in [6, 6.07) is 29.5. The molecule has 5 nitrogen and oxygen atoms in total. The van der Waals surface area contributed by atoms with Crippen molar-refractivity contribution < 1.29 is 4.79 Å². The summed E-state index contributed by atoms with van der Waals surface area (Å²) < 4.78 is 1.96. The number of halogens is 1. The van der Waals surface area contributed by atoms with Crippen LogP contribution in [0.3, 0.4) is 0 Å². The first kappa shape index (κ1) is 22.2. The summed E-state index contributed by atoms with van der Waals surface area (Å²) in [5, 5.41) is 15.3. The van der Waals surface area contributed by atoms with E-state index in [2.05, 4.69) is 15.5 Å². The maximum atomic E-state index is 12.8. The Labute approximate surface area is 206 Å². The molecule has 5 rings (SSSR count). The zero-order valence-corrected chi connectivity index (χ0v) is 20.0. The standard InChI is InChI=1S/C27H21ClN4OS/c1-18-9-11-20(12-10-18)26-30-31-27(32(26)22-15-13-21(28)14-16-22)34-17-25(33)29-24-8-4-6-19-5-2-3-7-23(19)24/h2-16H,17H2,1H3,(H,29,33). The monoisotopic (exact) mass is 484 g/mol. The Bertz CT molecular complexity index is 1460. The molecule has 0 aliphatic heterocycles. The molecule has 0 aliphatic rings. The van der Waals surface area contributed by atoms with Crippen molar-refractivity contribution in [1.82, 2.24) is 14.8 Å². The second-order valence-electron chi connectivity index (χ2n) is 7.85. The topological polar surface area (TPSA) is 59.8 Å². The van der Waals surface area contributed by atoms with Gasteiger partial charge in [-0.1, -0.05) is 89.6 Å². The third-order valence-corrected chi connectivity index (χ3v) is 6.60. The lowest BCUT2D eigenvalue weighted by Gasteiger charge is -2.11. The summed E-state index contributed by atoms with van der Waals surface area (Å²) in [5.74, 6) is 0.797. The van der Waals surface area contributed by atoms with E-state index in [4.69, 9.17) is 11.6 Å². The van der Waals surface area contributed by atoms with E-state index in [-0.39, 0.29) is 11.7 Å². The molecule has 0 saturated heterocycles. The smallest absolute Gasteiger partial charge is 0.234 e. The molecule has 4 aromatic carbocycles. The summed E-state index contributed by atoms with van der Waals surface area (Å²) in [7, 11) is 0. The molecular weight excluding hydrogens is 464 g/mol. The Hall–Kier alpha value is -3.61. The molecular formula is C27H21ClN4OS. The molecule has 1 amide bonds. The molecule has 0 unspecified atom stereocenters. The van der Waals surface area contributed by atoms with Crippen LogP contribution in [0.2, 0.25) is 5.02 Å².